The lowest BCUT2D eigenvalue weighted by Gasteiger charge is -2.37. The number of hydrogen-bond donors (Lipinski definition) is 2. The molecule has 6 nitrogen and oxygen atoms in total. The Kier molecular flexibility index (Phi) is 3.92. The summed E-state index contributed by atoms with van der Waals surface area (Å²) in [4.78, 5) is 16.7. The summed E-state index contributed by atoms with van der Waals surface area (Å²) < 4.78 is 12.4. The van der Waals surface area contributed by atoms with Gasteiger partial charge in [0.15, 0.2) is 5.13 Å². The number of urea groups is 1. The molecule has 1 spiro atoms. The lowest BCUT2D eigenvalue weighted by molar-refractivity contribution is -0.0877. The summed E-state index contributed by atoms with van der Waals surface area (Å²) in [7, 11) is 0. The normalized spacial score (nSPS) is 27.4. The van der Waals surface area contributed by atoms with Crippen molar-refractivity contribution < 1.29 is 14.3 Å². The van der Waals surface area contributed by atoms with Crippen LogP contribution in [0.4, 0.5) is 9.93 Å². The van der Waals surface area contributed by atoms with E-state index in [4.69, 9.17) is 9.47 Å². The zero-order valence-electron chi connectivity index (χ0n) is 12.7. The van der Waals surface area contributed by atoms with Crippen molar-refractivity contribution in [3.63, 3.8) is 0 Å². The summed E-state index contributed by atoms with van der Waals surface area (Å²) in [5.41, 5.74) is 0.701. The van der Waals surface area contributed by atoms with E-state index in [1.165, 1.54) is 11.3 Å². The van der Waals surface area contributed by atoms with E-state index in [1.54, 1.807) is 0 Å². The molecule has 2 saturated heterocycles. The van der Waals surface area contributed by atoms with Gasteiger partial charge in [-0.2, -0.15) is 0 Å². The van der Waals surface area contributed by atoms with Crippen molar-refractivity contribution in [3.8, 4) is 0 Å². The van der Waals surface area contributed by atoms with E-state index in [1.807, 2.05) is 24.3 Å². The number of benzene rings is 1. The van der Waals surface area contributed by atoms with Gasteiger partial charge in [0.1, 0.15) is 0 Å². The minimum Gasteiger partial charge on any atom is -0.378 e. The van der Waals surface area contributed by atoms with Gasteiger partial charge in [0.25, 0.3) is 0 Å². The molecular formula is C16H19N3O3S. The lowest BCUT2D eigenvalue weighted by atomic mass is 9.90. The predicted octanol–water partition coefficient (Wildman–Crippen LogP) is 2.76. The third kappa shape index (κ3) is 3.17. The van der Waals surface area contributed by atoms with Crippen molar-refractivity contribution in [1.29, 1.82) is 0 Å². The molecule has 23 heavy (non-hydrogen) atoms. The molecule has 2 aromatic rings. The van der Waals surface area contributed by atoms with Gasteiger partial charge in [0.2, 0.25) is 0 Å². The first-order valence-electron chi connectivity index (χ1n) is 7.87. The molecule has 7 heteroatoms. The van der Waals surface area contributed by atoms with Crippen molar-refractivity contribution in [2.45, 2.75) is 30.9 Å². The van der Waals surface area contributed by atoms with E-state index in [-0.39, 0.29) is 17.7 Å². The molecule has 1 aromatic heterocycles. The summed E-state index contributed by atoms with van der Waals surface area (Å²) in [6.45, 7) is 2.03. The van der Waals surface area contributed by atoms with Crippen LogP contribution in [0, 0.1) is 0 Å². The van der Waals surface area contributed by atoms with Gasteiger partial charge in [0, 0.05) is 25.7 Å². The third-order valence-electron chi connectivity index (χ3n) is 4.41. The number of hydrogen-bond acceptors (Lipinski definition) is 5. The quantitative estimate of drug-likeness (QED) is 0.886. The number of fused-ring (bicyclic) bond motifs is 1. The van der Waals surface area contributed by atoms with Gasteiger partial charge in [-0.25, -0.2) is 9.78 Å². The van der Waals surface area contributed by atoms with Crippen molar-refractivity contribution in [2.24, 2.45) is 0 Å². The molecule has 2 aliphatic heterocycles. The third-order valence-corrected chi connectivity index (χ3v) is 5.36. The van der Waals surface area contributed by atoms with E-state index in [0.717, 1.165) is 36.1 Å². The zero-order chi connectivity index (χ0) is 15.7. The number of rotatable bonds is 2. The maximum Gasteiger partial charge on any atom is 0.321 e. The molecule has 2 amide bonds. The van der Waals surface area contributed by atoms with E-state index in [2.05, 4.69) is 15.6 Å². The van der Waals surface area contributed by atoms with Crippen LogP contribution in [-0.4, -0.2) is 42.5 Å². The number of amides is 2. The Balaban J connectivity index is 1.37. The number of ether oxygens (including phenoxy) is 2. The second-order valence-corrected chi connectivity index (χ2v) is 7.14. The molecule has 2 atom stereocenters. The number of carbonyl (C=O) groups is 1. The molecular weight excluding hydrogens is 314 g/mol. The number of anilines is 1. The van der Waals surface area contributed by atoms with Crippen LogP contribution in [0.15, 0.2) is 24.3 Å². The van der Waals surface area contributed by atoms with Gasteiger partial charge in [0.05, 0.1) is 22.4 Å². The van der Waals surface area contributed by atoms with Gasteiger partial charge in [-0.05, 0) is 25.0 Å². The maximum absolute atomic E-state index is 12.2. The van der Waals surface area contributed by atoms with Crippen molar-refractivity contribution in [3.05, 3.63) is 24.3 Å². The number of nitrogens with one attached hydrogen (secondary N) is 2. The highest BCUT2D eigenvalue weighted by molar-refractivity contribution is 7.22. The summed E-state index contributed by atoms with van der Waals surface area (Å²) >= 11 is 1.48. The van der Waals surface area contributed by atoms with Gasteiger partial charge in [-0.1, -0.05) is 23.5 Å². The molecule has 2 aliphatic rings. The molecule has 2 fully saturated rings. The molecule has 122 valence electrons. The second kappa shape index (κ2) is 6.07. The minimum atomic E-state index is -0.204. The van der Waals surface area contributed by atoms with E-state index in [9.17, 15) is 4.79 Å². The monoisotopic (exact) mass is 333 g/mol. The SMILES string of the molecule is O=C(Nc1nc2ccccc2s1)N[C@H]1CCO[C@@]2(CCOC2)C1. The number of para-hydroxylation sites is 1. The first kappa shape index (κ1) is 14.9. The first-order valence-corrected chi connectivity index (χ1v) is 8.69. The largest absolute Gasteiger partial charge is 0.378 e. The lowest BCUT2D eigenvalue weighted by Crippen LogP contribution is -2.49. The second-order valence-electron chi connectivity index (χ2n) is 6.11. The molecule has 3 heterocycles. The molecule has 1 aromatic carbocycles. The van der Waals surface area contributed by atoms with Gasteiger partial charge >= 0.3 is 6.03 Å². The van der Waals surface area contributed by atoms with Crippen LogP contribution in [0.3, 0.4) is 0 Å². The van der Waals surface area contributed by atoms with Crippen LogP contribution in [0.1, 0.15) is 19.3 Å². The Morgan fingerprint density at radius 2 is 2.26 bits per heavy atom. The fourth-order valence-corrected chi connectivity index (χ4v) is 4.12. The molecule has 0 aliphatic carbocycles. The maximum atomic E-state index is 12.2. The number of nitrogens with zero attached hydrogens (tertiary/aromatic N) is 1. The standard InChI is InChI=1S/C16H19N3O3S/c20-14(19-15-18-12-3-1-2-4-13(12)23-15)17-11-5-7-22-16(9-11)6-8-21-10-16/h1-4,11H,5-10H2,(H2,17,18,19,20)/t11-,16-/m0/s1. The first-order chi connectivity index (χ1) is 11.2. The summed E-state index contributed by atoms with van der Waals surface area (Å²) in [6, 6.07) is 7.76. The van der Waals surface area contributed by atoms with Gasteiger partial charge < -0.3 is 14.8 Å². The van der Waals surface area contributed by atoms with Crippen LogP contribution in [0.25, 0.3) is 10.2 Å². The molecule has 2 N–H and O–H groups in total. The fraction of sp³-hybridized carbons (Fsp3) is 0.500. The molecule has 4 rings (SSSR count). The Morgan fingerprint density at radius 3 is 3.09 bits per heavy atom. The summed E-state index contributed by atoms with van der Waals surface area (Å²) in [5.74, 6) is 0. The Labute approximate surface area is 138 Å². The van der Waals surface area contributed by atoms with Crippen molar-refractivity contribution in [2.75, 3.05) is 25.1 Å². The summed E-state index contributed by atoms with van der Waals surface area (Å²) in [6.07, 6.45) is 2.54. The van der Waals surface area contributed by atoms with Crippen molar-refractivity contribution in [1.82, 2.24) is 10.3 Å². The van der Waals surface area contributed by atoms with E-state index < -0.39 is 0 Å². The van der Waals surface area contributed by atoms with Crippen LogP contribution < -0.4 is 10.6 Å². The van der Waals surface area contributed by atoms with Crippen LogP contribution in [-0.2, 0) is 9.47 Å². The van der Waals surface area contributed by atoms with Gasteiger partial charge in [-0.15, -0.1) is 0 Å². The van der Waals surface area contributed by atoms with Gasteiger partial charge in [-0.3, -0.25) is 5.32 Å². The predicted molar refractivity (Wildman–Crippen MR) is 88.9 cm³/mol. The average molecular weight is 333 g/mol. The fourth-order valence-electron chi connectivity index (χ4n) is 3.26. The Hall–Kier alpha value is -1.70. The Morgan fingerprint density at radius 1 is 1.35 bits per heavy atom. The van der Waals surface area contributed by atoms with Crippen molar-refractivity contribution >= 4 is 32.7 Å². The highest BCUT2D eigenvalue weighted by Gasteiger charge is 2.41. The highest BCUT2D eigenvalue weighted by Crippen LogP contribution is 2.33. The molecule has 0 bridgehead atoms. The molecule has 0 saturated carbocycles. The van der Waals surface area contributed by atoms with Crippen LogP contribution in [0.2, 0.25) is 0 Å². The van der Waals surface area contributed by atoms with E-state index in [0.29, 0.717) is 18.3 Å². The number of thiazole rings is 1. The van der Waals surface area contributed by atoms with Crippen LogP contribution in [0.5, 0.6) is 0 Å². The number of carbonyl (C=O) groups excluding carboxylic acids is 1. The van der Waals surface area contributed by atoms with E-state index >= 15 is 0 Å². The number of aromatic nitrogens is 1. The minimum absolute atomic E-state index is 0.111. The topological polar surface area (TPSA) is 72.5 Å². The highest BCUT2D eigenvalue weighted by atomic mass is 32.1. The molecule has 0 unspecified atom stereocenters. The zero-order valence-corrected chi connectivity index (χ0v) is 13.5. The molecule has 0 radical (unpaired) electrons. The average Bonchev–Trinajstić information content (AvgIpc) is 3.13. The smallest absolute Gasteiger partial charge is 0.321 e. The summed E-state index contributed by atoms with van der Waals surface area (Å²) in [5, 5.41) is 6.51. The van der Waals surface area contributed by atoms with Crippen LogP contribution >= 0.6 is 11.3 Å². The Bertz CT molecular complexity index is 678.